The summed E-state index contributed by atoms with van der Waals surface area (Å²) in [5.41, 5.74) is 0. The number of rotatable bonds is 14. The predicted molar refractivity (Wildman–Crippen MR) is 151 cm³/mol. The van der Waals surface area contributed by atoms with Crippen LogP contribution in [0.4, 0.5) is 0 Å². The van der Waals surface area contributed by atoms with E-state index >= 15 is 0 Å². The zero-order valence-electron chi connectivity index (χ0n) is 26.3. The van der Waals surface area contributed by atoms with Gasteiger partial charge in [0.15, 0.2) is 25.2 Å². The highest BCUT2D eigenvalue weighted by atomic mass is 16.8. The fourth-order valence-electron chi connectivity index (χ4n) is 5.91. The van der Waals surface area contributed by atoms with Crippen molar-refractivity contribution in [2.75, 3.05) is 39.6 Å². The van der Waals surface area contributed by atoms with Crippen LogP contribution in [0.15, 0.2) is 0 Å². The van der Waals surface area contributed by atoms with Gasteiger partial charge in [-0.15, -0.1) is 0 Å². The molecule has 4 aliphatic heterocycles. The second-order valence-electron chi connectivity index (χ2n) is 12.3. The third-order valence-electron chi connectivity index (χ3n) is 8.85. The standard InChI is InChI=1S/C27H48O23/c28-1-7(33)6-43-24-18(40)21(13(35)9(3-30)44-24)49-26-20(42)23(15(37)11(5-32)46-26)50-27-19(41)22(14(36)10(4-31)47-27)48-25-17(39)16(38)12(34)8(2-29)45-25/h7-42H,1-6H2/t7?,8-,9-,10-,11-,12-,13+,14+,15-,16+,17+,18-,19-,20+,21+,22+,23+,24+,25-,26-,27+/m1/s1. The average Bonchev–Trinajstić information content (AvgIpc) is 3.11. The van der Waals surface area contributed by atoms with E-state index in [0.717, 1.165) is 0 Å². The van der Waals surface area contributed by atoms with Gasteiger partial charge in [0.2, 0.25) is 0 Å². The zero-order chi connectivity index (χ0) is 37.0. The van der Waals surface area contributed by atoms with Crippen molar-refractivity contribution in [3.8, 4) is 0 Å². The van der Waals surface area contributed by atoms with E-state index in [-0.39, 0.29) is 0 Å². The van der Waals surface area contributed by atoms with Crippen LogP contribution in [0.2, 0.25) is 0 Å². The van der Waals surface area contributed by atoms with Crippen molar-refractivity contribution >= 4 is 0 Å². The molecule has 0 aromatic heterocycles. The number of hydrogen-bond acceptors (Lipinski definition) is 23. The highest BCUT2D eigenvalue weighted by Gasteiger charge is 2.55. The van der Waals surface area contributed by atoms with Gasteiger partial charge in [-0.25, -0.2) is 0 Å². The smallest absolute Gasteiger partial charge is 0.187 e. The van der Waals surface area contributed by atoms with Crippen molar-refractivity contribution in [3.63, 3.8) is 0 Å². The molecular formula is C27H48O23. The van der Waals surface area contributed by atoms with E-state index in [1.165, 1.54) is 0 Å². The van der Waals surface area contributed by atoms with Gasteiger partial charge in [0.1, 0.15) is 104 Å². The summed E-state index contributed by atoms with van der Waals surface area (Å²) in [7, 11) is 0. The molecular weight excluding hydrogens is 692 g/mol. The van der Waals surface area contributed by atoms with Crippen molar-refractivity contribution in [2.24, 2.45) is 0 Å². The number of aliphatic hydroxyl groups excluding tert-OH is 15. The Labute approximate surface area is 283 Å². The summed E-state index contributed by atoms with van der Waals surface area (Å²) in [5.74, 6) is 0. The van der Waals surface area contributed by atoms with Crippen LogP contribution in [0.25, 0.3) is 0 Å². The summed E-state index contributed by atoms with van der Waals surface area (Å²) in [5, 5.41) is 154. The summed E-state index contributed by atoms with van der Waals surface area (Å²) in [6.45, 7) is -4.75. The summed E-state index contributed by atoms with van der Waals surface area (Å²) in [4.78, 5) is 0. The minimum atomic E-state index is -2.08. The second-order valence-corrected chi connectivity index (χ2v) is 12.3. The monoisotopic (exact) mass is 740 g/mol. The molecule has 0 saturated carbocycles. The van der Waals surface area contributed by atoms with Crippen LogP contribution in [-0.2, 0) is 37.9 Å². The van der Waals surface area contributed by atoms with Gasteiger partial charge in [-0.1, -0.05) is 0 Å². The molecule has 15 N–H and O–H groups in total. The maximum atomic E-state index is 11.2. The molecule has 1 unspecified atom stereocenters. The zero-order valence-corrected chi connectivity index (χ0v) is 26.3. The quantitative estimate of drug-likeness (QED) is 0.0786. The predicted octanol–water partition coefficient (Wildman–Crippen LogP) is -10.4. The lowest BCUT2D eigenvalue weighted by Crippen LogP contribution is -2.68. The Hall–Kier alpha value is -0.920. The first-order valence-corrected chi connectivity index (χ1v) is 15.8. The Morgan fingerprint density at radius 3 is 1.08 bits per heavy atom. The Morgan fingerprint density at radius 1 is 0.400 bits per heavy atom. The molecule has 0 bridgehead atoms. The van der Waals surface area contributed by atoms with Gasteiger partial charge < -0.3 is 114 Å². The fraction of sp³-hybridized carbons (Fsp3) is 1.00. The third kappa shape index (κ3) is 8.88. The lowest BCUT2D eigenvalue weighted by Gasteiger charge is -2.49. The second kappa shape index (κ2) is 18.4. The summed E-state index contributed by atoms with van der Waals surface area (Å²) >= 11 is 0. The van der Waals surface area contributed by atoms with Crippen molar-refractivity contribution < 1.29 is 114 Å². The van der Waals surface area contributed by atoms with Crippen LogP contribution in [0.5, 0.6) is 0 Å². The van der Waals surface area contributed by atoms with Crippen molar-refractivity contribution in [3.05, 3.63) is 0 Å². The van der Waals surface area contributed by atoms with E-state index in [1.807, 2.05) is 0 Å². The summed E-state index contributed by atoms with van der Waals surface area (Å²) in [6.07, 6.45) is -37.6. The van der Waals surface area contributed by atoms with Crippen LogP contribution in [0.1, 0.15) is 0 Å². The minimum absolute atomic E-state index is 0.551. The number of aliphatic hydroxyl groups is 15. The Morgan fingerprint density at radius 2 is 0.720 bits per heavy atom. The fourth-order valence-corrected chi connectivity index (χ4v) is 5.91. The molecule has 4 aliphatic rings. The lowest BCUT2D eigenvalue weighted by molar-refractivity contribution is -0.390. The molecule has 0 amide bonds. The average molecular weight is 741 g/mol. The van der Waals surface area contributed by atoms with E-state index in [2.05, 4.69) is 0 Å². The molecule has 0 aromatic rings. The van der Waals surface area contributed by atoms with Gasteiger partial charge in [0.25, 0.3) is 0 Å². The van der Waals surface area contributed by atoms with Gasteiger partial charge in [-0.2, -0.15) is 0 Å². The van der Waals surface area contributed by atoms with E-state index in [4.69, 9.17) is 43.0 Å². The van der Waals surface area contributed by atoms with Gasteiger partial charge in [0, 0.05) is 0 Å². The highest BCUT2D eigenvalue weighted by molar-refractivity contribution is 4.98. The molecule has 4 saturated heterocycles. The topological polar surface area (TPSA) is 377 Å². The largest absolute Gasteiger partial charge is 0.394 e. The van der Waals surface area contributed by atoms with Gasteiger partial charge >= 0.3 is 0 Å². The molecule has 23 heteroatoms. The third-order valence-corrected chi connectivity index (χ3v) is 8.85. The van der Waals surface area contributed by atoms with E-state index in [1.54, 1.807) is 0 Å². The van der Waals surface area contributed by atoms with E-state index < -0.39 is 169 Å². The maximum Gasteiger partial charge on any atom is 0.187 e. The van der Waals surface area contributed by atoms with Gasteiger partial charge in [-0.3, -0.25) is 0 Å². The minimum Gasteiger partial charge on any atom is -0.394 e. The molecule has 0 aromatic carbocycles. The van der Waals surface area contributed by atoms with E-state index in [9.17, 15) is 71.5 Å². The Kier molecular flexibility index (Phi) is 15.4. The number of ether oxygens (including phenoxy) is 8. The summed E-state index contributed by atoms with van der Waals surface area (Å²) < 4.78 is 43.5. The summed E-state index contributed by atoms with van der Waals surface area (Å²) in [6, 6.07) is 0. The lowest BCUT2D eigenvalue weighted by atomic mass is 9.95. The highest BCUT2D eigenvalue weighted by Crippen LogP contribution is 2.34. The normalized spacial score (nSPS) is 49.5. The molecule has 0 radical (unpaired) electrons. The Balaban J connectivity index is 1.52. The van der Waals surface area contributed by atoms with Crippen molar-refractivity contribution in [2.45, 2.75) is 129 Å². The first-order valence-electron chi connectivity index (χ1n) is 15.8. The van der Waals surface area contributed by atoms with Crippen LogP contribution in [-0.4, -0.2) is 245 Å². The van der Waals surface area contributed by atoms with Crippen LogP contribution in [0.3, 0.4) is 0 Å². The number of hydrogen-bond donors (Lipinski definition) is 15. The molecule has 294 valence electrons. The van der Waals surface area contributed by atoms with Gasteiger partial charge in [-0.05, 0) is 0 Å². The molecule has 50 heavy (non-hydrogen) atoms. The molecule has 0 aliphatic carbocycles. The van der Waals surface area contributed by atoms with E-state index in [0.29, 0.717) is 0 Å². The first kappa shape index (κ1) is 41.8. The molecule has 4 fully saturated rings. The molecule has 4 heterocycles. The Bertz CT molecular complexity index is 1010. The van der Waals surface area contributed by atoms with Gasteiger partial charge in [0.05, 0.1) is 39.6 Å². The molecule has 23 nitrogen and oxygen atoms in total. The van der Waals surface area contributed by atoms with Crippen molar-refractivity contribution in [1.29, 1.82) is 0 Å². The molecule has 0 spiro atoms. The van der Waals surface area contributed by atoms with Crippen LogP contribution < -0.4 is 0 Å². The van der Waals surface area contributed by atoms with Crippen LogP contribution >= 0.6 is 0 Å². The first-order chi connectivity index (χ1) is 23.7. The maximum absolute atomic E-state index is 11.2. The van der Waals surface area contributed by atoms with Crippen LogP contribution in [0, 0.1) is 0 Å². The molecule has 21 atom stereocenters. The SMILES string of the molecule is OCC(O)CO[C@H]1O[C@H](CO)[C@H](O)[C@H](O[C@H]2O[C@H](CO)[C@@H](O)[C@H](O[C@@H]3O[C@H](CO)[C@H](O)[C@H](O[C@H]4O[C@H](CO)[C@@H](O)[C@H](O)[C@@H]4O)[C@H]3O)[C@@H]2O)[C@H]1O. The van der Waals surface area contributed by atoms with Crippen molar-refractivity contribution in [1.82, 2.24) is 0 Å². The molecule has 4 rings (SSSR count).